The summed E-state index contributed by atoms with van der Waals surface area (Å²) in [4.78, 5) is 11.4. The third-order valence-electron chi connectivity index (χ3n) is 3.86. The van der Waals surface area contributed by atoms with Crippen molar-refractivity contribution in [2.24, 2.45) is 0 Å². The highest BCUT2D eigenvalue weighted by Gasteiger charge is 2.19. The minimum Gasteiger partial charge on any atom is -0.277 e. The molecule has 0 aliphatic heterocycles. The summed E-state index contributed by atoms with van der Waals surface area (Å²) >= 11 is 0. The number of aromatic amines is 2. The predicted molar refractivity (Wildman–Crippen MR) is 93.3 cm³/mol. The van der Waals surface area contributed by atoms with Gasteiger partial charge in [0.1, 0.15) is 11.5 Å². The topological polar surface area (TPSA) is 74.4 Å². The van der Waals surface area contributed by atoms with E-state index in [1.165, 1.54) is 18.2 Å². The predicted octanol–water partition coefficient (Wildman–Crippen LogP) is 3.63. The number of rotatable bonds is 3. The van der Waals surface area contributed by atoms with Gasteiger partial charge in [0.05, 0.1) is 17.0 Å². The Morgan fingerprint density at radius 2 is 1.60 bits per heavy atom. The molecule has 2 aromatic carbocycles. The van der Waals surface area contributed by atoms with Gasteiger partial charge >= 0.3 is 0 Å². The molecule has 122 valence electrons. The number of aromatic nitrogens is 4. The van der Waals surface area contributed by atoms with E-state index in [1.54, 1.807) is 18.2 Å². The van der Waals surface area contributed by atoms with Gasteiger partial charge in [-0.25, -0.2) is 9.49 Å². The van der Waals surface area contributed by atoms with Crippen molar-refractivity contribution in [3.8, 4) is 33.8 Å². The van der Waals surface area contributed by atoms with Gasteiger partial charge in [0.2, 0.25) is 0 Å². The van der Waals surface area contributed by atoms with Gasteiger partial charge in [-0.2, -0.15) is 10.2 Å². The van der Waals surface area contributed by atoms with Crippen LogP contribution in [-0.4, -0.2) is 20.4 Å². The summed E-state index contributed by atoms with van der Waals surface area (Å²) in [6.45, 7) is 0. The van der Waals surface area contributed by atoms with E-state index in [9.17, 15) is 9.18 Å². The molecule has 0 spiro atoms. The van der Waals surface area contributed by atoms with E-state index >= 15 is 0 Å². The maximum atomic E-state index is 13.7. The van der Waals surface area contributed by atoms with E-state index in [0.29, 0.717) is 22.5 Å². The summed E-state index contributed by atoms with van der Waals surface area (Å²) in [5, 5.41) is 14.0. The standard InChI is InChI=1S/C19H13FN4O/c20-14-8-4-7-13(11-14)19-17(15-9-10-16(25)22-21-15)18(23-24-19)12-5-2-1-3-6-12/h1-11H,(H,22,25)(H,23,24). The Balaban J connectivity index is 1.98. The summed E-state index contributed by atoms with van der Waals surface area (Å²) in [6.07, 6.45) is 0. The normalized spacial score (nSPS) is 10.8. The van der Waals surface area contributed by atoms with Crippen molar-refractivity contribution < 1.29 is 4.39 Å². The second-order valence-corrected chi connectivity index (χ2v) is 5.51. The Hall–Kier alpha value is -3.54. The van der Waals surface area contributed by atoms with Crippen LogP contribution in [0.5, 0.6) is 0 Å². The van der Waals surface area contributed by atoms with Crippen LogP contribution >= 0.6 is 0 Å². The molecule has 4 rings (SSSR count). The molecular formula is C19H13FN4O. The quantitative estimate of drug-likeness (QED) is 0.601. The summed E-state index contributed by atoms with van der Waals surface area (Å²) < 4.78 is 13.7. The molecular weight excluding hydrogens is 319 g/mol. The molecule has 6 heteroatoms. The molecule has 0 fully saturated rings. The summed E-state index contributed by atoms with van der Waals surface area (Å²) in [5.41, 5.74) is 3.82. The van der Waals surface area contributed by atoms with Gasteiger partial charge in [-0.1, -0.05) is 42.5 Å². The van der Waals surface area contributed by atoms with Crippen molar-refractivity contribution in [1.29, 1.82) is 0 Å². The van der Waals surface area contributed by atoms with Crippen LogP contribution in [-0.2, 0) is 0 Å². The van der Waals surface area contributed by atoms with Crippen LogP contribution in [0.15, 0.2) is 71.5 Å². The molecule has 4 aromatic rings. The maximum absolute atomic E-state index is 13.7. The molecule has 0 atom stereocenters. The molecule has 0 bridgehead atoms. The Morgan fingerprint density at radius 1 is 0.800 bits per heavy atom. The highest BCUT2D eigenvalue weighted by Crippen LogP contribution is 2.36. The fourth-order valence-electron chi connectivity index (χ4n) is 2.73. The van der Waals surface area contributed by atoms with Gasteiger partial charge in [0.25, 0.3) is 5.56 Å². The Bertz CT molecular complexity index is 1070. The molecule has 25 heavy (non-hydrogen) atoms. The second-order valence-electron chi connectivity index (χ2n) is 5.51. The number of H-pyrrole nitrogens is 2. The molecule has 0 saturated heterocycles. The zero-order chi connectivity index (χ0) is 17.2. The fourth-order valence-corrected chi connectivity index (χ4v) is 2.73. The minimum atomic E-state index is -0.345. The zero-order valence-electron chi connectivity index (χ0n) is 13.0. The lowest BCUT2D eigenvalue weighted by atomic mass is 9.99. The number of hydrogen-bond acceptors (Lipinski definition) is 3. The van der Waals surface area contributed by atoms with Gasteiger partial charge in [0, 0.05) is 17.2 Å². The lowest BCUT2D eigenvalue weighted by molar-refractivity contribution is 0.628. The van der Waals surface area contributed by atoms with Crippen LogP contribution in [0.4, 0.5) is 4.39 Å². The van der Waals surface area contributed by atoms with Crippen molar-refractivity contribution in [3.63, 3.8) is 0 Å². The molecule has 0 amide bonds. The number of nitrogens with zero attached hydrogens (tertiary/aromatic N) is 2. The van der Waals surface area contributed by atoms with E-state index in [4.69, 9.17) is 0 Å². The molecule has 2 aromatic heterocycles. The fraction of sp³-hybridized carbons (Fsp3) is 0. The number of nitrogens with one attached hydrogen (secondary N) is 2. The molecule has 0 unspecified atom stereocenters. The van der Waals surface area contributed by atoms with Crippen molar-refractivity contribution in [2.45, 2.75) is 0 Å². The van der Waals surface area contributed by atoms with Gasteiger partial charge in [0.15, 0.2) is 0 Å². The summed E-state index contributed by atoms with van der Waals surface area (Å²) in [6, 6.07) is 18.9. The minimum absolute atomic E-state index is 0.291. The highest BCUT2D eigenvalue weighted by molar-refractivity contribution is 5.89. The van der Waals surface area contributed by atoms with Gasteiger partial charge in [-0.15, -0.1) is 0 Å². The molecule has 2 heterocycles. The Morgan fingerprint density at radius 3 is 2.32 bits per heavy atom. The van der Waals surface area contributed by atoms with Crippen LogP contribution < -0.4 is 5.56 Å². The molecule has 0 aliphatic carbocycles. The first-order valence-corrected chi connectivity index (χ1v) is 7.68. The summed E-state index contributed by atoms with van der Waals surface area (Å²) in [5.74, 6) is -0.345. The molecule has 0 radical (unpaired) electrons. The largest absolute Gasteiger partial charge is 0.277 e. The number of halogens is 1. The van der Waals surface area contributed by atoms with Crippen LogP contribution in [0.25, 0.3) is 33.8 Å². The van der Waals surface area contributed by atoms with Crippen LogP contribution in [0.2, 0.25) is 0 Å². The lowest BCUT2D eigenvalue weighted by Gasteiger charge is -2.06. The van der Waals surface area contributed by atoms with Crippen molar-refractivity contribution in [3.05, 3.63) is 82.9 Å². The van der Waals surface area contributed by atoms with E-state index in [-0.39, 0.29) is 11.4 Å². The zero-order valence-corrected chi connectivity index (χ0v) is 13.0. The molecule has 5 nitrogen and oxygen atoms in total. The van der Waals surface area contributed by atoms with Gasteiger partial charge in [-0.3, -0.25) is 9.89 Å². The lowest BCUT2D eigenvalue weighted by Crippen LogP contribution is -2.06. The van der Waals surface area contributed by atoms with E-state index in [1.807, 2.05) is 30.3 Å². The van der Waals surface area contributed by atoms with Crippen molar-refractivity contribution >= 4 is 0 Å². The Kier molecular flexibility index (Phi) is 3.70. The van der Waals surface area contributed by atoms with Crippen molar-refractivity contribution in [2.75, 3.05) is 0 Å². The first kappa shape index (κ1) is 15.0. The van der Waals surface area contributed by atoms with E-state index in [0.717, 1.165) is 11.3 Å². The first-order valence-electron chi connectivity index (χ1n) is 7.68. The average Bonchev–Trinajstić information content (AvgIpc) is 3.08. The monoisotopic (exact) mass is 332 g/mol. The van der Waals surface area contributed by atoms with Crippen LogP contribution in [0, 0.1) is 5.82 Å². The summed E-state index contributed by atoms with van der Waals surface area (Å²) in [7, 11) is 0. The molecule has 2 N–H and O–H groups in total. The average molecular weight is 332 g/mol. The van der Waals surface area contributed by atoms with Crippen LogP contribution in [0.3, 0.4) is 0 Å². The molecule has 0 aliphatic rings. The van der Waals surface area contributed by atoms with Crippen molar-refractivity contribution in [1.82, 2.24) is 20.4 Å². The van der Waals surface area contributed by atoms with Crippen LogP contribution in [0.1, 0.15) is 0 Å². The van der Waals surface area contributed by atoms with E-state index < -0.39 is 0 Å². The number of benzene rings is 2. The Labute approximate surface area is 142 Å². The third-order valence-corrected chi connectivity index (χ3v) is 3.86. The van der Waals surface area contributed by atoms with Gasteiger partial charge < -0.3 is 0 Å². The first-order chi connectivity index (χ1) is 12.2. The smallest absolute Gasteiger partial charge is 0.264 e. The SMILES string of the molecule is O=c1ccc(-c2c(-c3cccc(F)c3)n[nH]c2-c2ccccc2)n[nH]1. The third kappa shape index (κ3) is 2.85. The maximum Gasteiger partial charge on any atom is 0.264 e. The molecule has 0 saturated carbocycles. The van der Waals surface area contributed by atoms with Gasteiger partial charge in [-0.05, 0) is 18.2 Å². The highest BCUT2D eigenvalue weighted by atomic mass is 19.1. The second kappa shape index (κ2) is 6.16. The van der Waals surface area contributed by atoms with E-state index in [2.05, 4.69) is 20.4 Å². The number of hydrogen-bond donors (Lipinski definition) is 2.